The van der Waals surface area contributed by atoms with Gasteiger partial charge in [0.2, 0.25) is 0 Å². The van der Waals surface area contributed by atoms with E-state index < -0.39 is 36.1 Å². The second-order valence-electron chi connectivity index (χ2n) is 7.35. The molecule has 0 radical (unpaired) electrons. The number of carbonyl (C=O) groups excluding carboxylic acids is 1. The molecular weight excluding hydrogens is 447 g/mol. The normalized spacial score (nSPS) is 24.5. The van der Waals surface area contributed by atoms with Gasteiger partial charge in [-0.05, 0) is 24.3 Å². The van der Waals surface area contributed by atoms with Gasteiger partial charge in [0.25, 0.3) is 11.9 Å². The van der Waals surface area contributed by atoms with Crippen molar-refractivity contribution in [1.82, 2.24) is 15.0 Å². The Morgan fingerprint density at radius 3 is 2.91 bits per heavy atom. The SMILES string of the molecule is COc1ccc(F)c(C(=O)Nc2nc3nc(O[C@@H]4CO[C@H]5[C@@H]4OC[C@H]5O)[nH]c3cc2Cl)c1. The van der Waals surface area contributed by atoms with E-state index in [-0.39, 0.29) is 41.3 Å². The zero-order valence-electron chi connectivity index (χ0n) is 16.7. The number of amides is 1. The van der Waals surface area contributed by atoms with E-state index in [2.05, 4.69) is 20.3 Å². The Bertz CT molecular complexity index is 1190. The van der Waals surface area contributed by atoms with Crippen LogP contribution in [0.5, 0.6) is 11.8 Å². The summed E-state index contributed by atoms with van der Waals surface area (Å²) in [6.07, 6.45) is -1.98. The molecule has 2 fully saturated rings. The second kappa shape index (κ2) is 8.17. The molecule has 5 rings (SSSR count). The van der Waals surface area contributed by atoms with Crippen LogP contribution in [0.1, 0.15) is 10.4 Å². The lowest BCUT2D eigenvalue weighted by Crippen LogP contribution is -2.34. The zero-order valence-corrected chi connectivity index (χ0v) is 17.4. The fourth-order valence-corrected chi connectivity index (χ4v) is 3.91. The van der Waals surface area contributed by atoms with Crippen LogP contribution < -0.4 is 14.8 Å². The quantitative estimate of drug-likeness (QED) is 0.522. The van der Waals surface area contributed by atoms with Gasteiger partial charge in [-0.1, -0.05) is 11.6 Å². The molecule has 2 aliphatic rings. The average molecular weight is 465 g/mol. The van der Waals surface area contributed by atoms with Gasteiger partial charge in [0.05, 0.1) is 36.4 Å². The van der Waals surface area contributed by atoms with Crippen LogP contribution in [0.2, 0.25) is 5.02 Å². The number of nitrogens with one attached hydrogen (secondary N) is 2. The number of ether oxygens (including phenoxy) is 4. The molecule has 32 heavy (non-hydrogen) atoms. The average Bonchev–Trinajstić information content (AvgIpc) is 3.46. The van der Waals surface area contributed by atoms with Gasteiger partial charge in [-0.15, -0.1) is 0 Å². The van der Waals surface area contributed by atoms with Crippen LogP contribution in [0.15, 0.2) is 24.3 Å². The topological polar surface area (TPSA) is 128 Å². The summed E-state index contributed by atoms with van der Waals surface area (Å²) in [6.45, 7) is 0.425. The van der Waals surface area contributed by atoms with Crippen LogP contribution in [0, 0.1) is 5.82 Å². The molecular formula is C20H18ClFN4O6. The number of H-pyrrole nitrogens is 1. The van der Waals surface area contributed by atoms with Crippen molar-refractivity contribution in [3.63, 3.8) is 0 Å². The highest BCUT2D eigenvalue weighted by Gasteiger charge is 2.48. The van der Waals surface area contributed by atoms with Crippen molar-refractivity contribution in [2.45, 2.75) is 24.4 Å². The third kappa shape index (κ3) is 3.73. The molecule has 0 unspecified atom stereocenters. The monoisotopic (exact) mass is 464 g/mol. The minimum absolute atomic E-state index is 0.0101. The first-order valence-electron chi connectivity index (χ1n) is 9.72. The van der Waals surface area contributed by atoms with Gasteiger partial charge in [-0.25, -0.2) is 9.37 Å². The number of anilines is 1. The predicted octanol–water partition coefficient (Wildman–Crippen LogP) is 1.92. The summed E-state index contributed by atoms with van der Waals surface area (Å²) in [5, 5.41) is 12.5. The number of benzene rings is 1. The first-order valence-corrected chi connectivity index (χ1v) is 10.1. The highest BCUT2D eigenvalue weighted by Crippen LogP contribution is 2.31. The molecule has 2 saturated heterocycles. The molecule has 0 spiro atoms. The van der Waals surface area contributed by atoms with Crippen LogP contribution in [0.4, 0.5) is 10.2 Å². The molecule has 0 aliphatic carbocycles. The number of aliphatic hydroxyl groups excluding tert-OH is 1. The van der Waals surface area contributed by atoms with Crippen molar-refractivity contribution >= 4 is 34.5 Å². The van der Waals surface area contributed by atoms with Gasteiger partial charge < -0.3 is 34.4 Å². The van der Waals surface area contributed by atoms with Crippen LogP contribution >= 0.6 is 11.6 Å². The number of hydrogen-bond acceptors (Lipinski definition) is 8. The van der Waals surface area contributed by atoms with Gasteiger partial charge in [-0.2, -0.15) is 4.98 Å². The van der Waals surface area contributed by atoms with E-state index in [1.165, 1.54) is 25.3 Å². The summed E-state index contributed by atoms with van der Waals surface area (Å²) in [5.41, 5.74) is 0.481. The molecule has 12 heteroatoms. The van der Waals surface area contributed by atoms with Gasteiger partial charge >= 0.3 is 0 Å². The van der Waals surface area contributed by atoms with E-state index in [1.807, 2.05) is 0 Å². The van der Waals surface area contributed by atoms with Crippen molar-refractivity contribution in [3.05, 3.63) is 40.7 Å². The highest BCUT2D eigenvalue weighted by atomic mass is 35.5. The summed E-state index contributed by atoms with van der Waals surface area (Å²) in [4.78, 5) is 24.0. The van der Waals surface area contributed by atoms with Crippen molar-refractivity contribution in [1.29, 1.82) is 0 Å². The number of pyridine rings is 1. The van der Waals surface area contributed by atoms with Crippen LogP contribution in [0.25, 0.3) is 11.2 Å². The smallest absolute Gasteiger partial charge is 0.296 e. The number of halogens is 2. The standard InChI is InChI=1S/C20H18ClFN4O6/c1-29-8-2-3-11(22)9(4-8)19(28)25-17-10(21)5-12-18(24-17)26-20(23-12)32-14-7-31-15-13(27)6-30-16(14)15/h2-5,13-16,27H,6-7H2,1H3,(H2,23,24,25,26,28)/t13-,14-,15-,16-/m1/s1. The fraction of sp³-hybridized carbons (Fsp3) is 0.350. The number of carbonyl (C=O) groups is 1. The minimum atomic E-state index is -0.742. The summed E-state index contributed by atoms with van der Waals surface area (Å²) in [5.74, 6) is -1.12. The Hall–Kier alpha value is -2.99. The first-order chi connectivity index (χ1) is 15.4. The molecule has 3 aromatic rings. The molecule has 10 nitrogen and oxygen atoms in total. The predicted molar refractivity (Wildman–Crippen MR) is 110 cm³/mol. The Labute approximate surface area is 185 Å². The molecule has 1 amide bonds. The van der Waals surface area contributed by atoms with E-state index in [0.717, 1.165) is 6.07 Å². The third-order valence-corrected chi connectivity index (χ3v) is 5.59. The van der Waals surface area contributed by atoms with Crippen molar-refractivity contribution < 1.29 is 33.2 Å². The fourth-order valence-electron chi connectivity index (χ4n) is 3.71. The molecule has 4 heterocycles. The molecule has 0 bridgehead atoms. The number of aliphatic hydroxyl groups is 1. The maximum atomic E-state index is 14.1. The summed E-state index contributed by atoms with van der Waals surface area (Å²) in [6, 6.07) is 5.49. The maximum absolute atomic E-state index is 14.1. The van der Waals surface area contributed by atoms with E-state index in [0.29, 0.717) is 11.3 Å². The van der Waals surface area contributed by atoms with Gasteiger partial charge in [-0.3, -0.25) is 4.79 Å². The molecule has 2 aliphatic heterocycles. The van der Waals surface area contributed by atoms with Crippen LogP contribution in [0.3, 0.4) is 0 Å². The Morgan fingerprint density at radius 2 is 2.09 bits per heavy atom. The lowest BCUT2D eigenvalue weighted by atomic mass is 10.1. The zero-order chi connectivity index (χ0) is 22.4. The Kier molecular flexibility index (Phi) is 5.33. The minimum Gasteiger partial charge on any atom is -0.497 e. The number of nitrogens with zero attached hydrogens (tertiary/aromatic N) is 2. The molecule has 168 valence electrons. The molecule has 3 N–H and O–H groups in total. The van der Waals surface area contributed by atoms with Crippen LogP contribution in [-0.2, 0) is 9.47 Å². The van der Waals surface area contributed by atoms with Crippen molar-refractivity contribution in [2.24, 2.45) is 0 Å². The lowest BCUT2D eigenvalue weighted by Gasteiger charge is -2.15. The number of imidazole rings is 1. The third-order valence-electron chi connectivity index (χ3n) is 5.30. The number of fused-ring (bicyclic) bond motifs is 2. The first kappa shape index (κ1) is 20.9. The van der Waals surface area contributed by atoms with E-state index in [9.17, 15) is 14.3 Å². The summed E-state index contributed by atoms with van der Waals surface area (Å²) < 4.78 is 36.0. The number of aromatic amines is 1. The van der Waals surface area contributed by atoms with Gasteiger partial charge in [0.15, 0.2) is 17.6 Å². The number of methoxy groups -OCH3 is 1. The van der Waals surface area contributed by atoms with E-state index in [1.54, 1.807) is 0 Å². The van der Waals surface area contributed by atoms with E-state index in [4.69, 9.17) is 30.5 Å². The maximum Gasteiger partial charge on any atom is 0.296 e. The molecule has 4 atom stereocenters. The van der Waals surface area contributed by atoms with Crippen molar-refractivity contribution in [3.8, 4) is 11.8 Å². The Morgan fingerprint density at radius 1 is 1.28 bits per heavy atom. The number of aromatic nitrogens is 3. The lowest BCUT2D eigenvalue weighted by molar-refractivity contribution is 0.00706. The summed E-state index contributed by atoms with van der Waals surface area (Å²) >= 11 is 6.25. The Balaban J connectivity index is 1.35. The second-order valence-corrected chi connectivity index (χ2v) is 7.76. The highest BCUT2D eigenvalue weighted by molar-refractivity contribution is 6.34. The molecule has 0 saturated carbocycles. The van der Waals surface area contributed by atoms with E-state index >= 15 is 0 Å². The largest absolute Gasteiger partial charge is 0.497 e. The van der Waals surface area contributed by atoms with Gasteiger partial charge in [0, 0.05) is 0 Å². The summed E-state index contributed by atoms with van der Waals surface area (Å²) in [7, 11) is 1.41. The van der Waals surface area contributed by atoms with Crippen molar-refractivity contribution in [2.75, 3.05) is 25.6 Å². The number of rotatable bonds is 5. The number of hydrogen-bond donors (Lipinski definition) is 3. The molecule has 1 aromatic carbocycles. The molecule has 2 aromatic heterocycles. The van der Waals surface area contributed by atoms with Crippen LogP contribution in [-0.4, -0.2) is 70.7 Å². The van der Waals surface area contributed by atoms with Gasteiger partial charge in [0.1, 0.15) is 29.9 Å².